The van der Waals surface area contributed by atoms with Gasteiger partial charge in [-0.3, -0.25) is 19.0 Å². The third-order valence-corrected chi connectivity index (χ3v) is 3.55. The molecule has 2 heterocycles. The summed E-state index contributed by atoms with van der Waals surface area (Å²) >= 11 is 0. The molecule has 5 nitrogen and oxygen atoms in total. The third kappa shape index (κ3) is 3.68. The molecule has 3 rings (SSSR count). The average Bonchev–Trinajstić information content (AvgIpc) is 3.08. The highest BCUT2D eigenvalue weighted by atomic mass is 16.2. The van der Waals surface area contributed by atoms with Crippen LogP contribution in [0.25, 0.3) is 0 Å². The minimum absolute atomic E-state index is 0.0827. The highest BCUT2D eigenvalue weighted by molar-refractivity contribution is 5.95. The molecule has 0 saturated carbocycles. The summed E-state index contributed by atoms with van der Waals surface area (Å²) in [7, 11) is 0. The smallest absolute Gasteiger partial charge is 0.263 e. The van der Waals surface area contributed by atoms with Crippen LogP contribution >= 0.6 is 0 Å². The van der Waals surface area contributed by atoms with Gasteiger partial charge in [-0.25, -0.2) is 0 Å². The van der Waals surface area contributed by atoms with E-state index in [1.54, 1.807) is 17.0 Å². The number of carbonyl (C=O) groups is 1. The fourth-order valence-electron chi connectivity index (χ4n) is 2.45. The van der Waals surface area contributed by atoms with Gasteiger partial charge in [0, 0.05) is 30.2 Å². The molecule has 0 spiro atoms. The van der Waals surface area contributed by atoms with Gasteiger partial charge in [0.25, 0.3) is 5.91 Å². The van der Waals surface area contributed by atoms with Crippen LogP contribution in [0.5, 0.6) is 0 Å². The van der Waals surface area contributed by atoms with Crippen molar-refractivity contribution in [3.05, 3.63) is 83.7 Å². The first-order valence-electron chi connectivity index (χ1n) is 7.96. The first-order valence-corrected chi connectivity index (χ1v) is 7.96. The topological polar surface area (TPSA) is 52.2 Å². The van der Waals surface area contributed by atoms with Crippen LogP contribution in [0.15, 0.2) is 72.1 Å². The molecule has 0 aliphatic rings. The molecule has 2 aromatic heterocycles. The molecule has 0 amide bonds. The number of aromatic nitrogens is 3. The van der Waals surface area contributed by atoms with E-state index < -0.39 is 0 Å². The van der Waals surface area contributed by atoms with E-state index in [2.05, 4.69) is 10.1 Å². The number of rotatable bonds is 4. The zero-order chi connectivity index (χ0) is 16.9. The zero-order valence-corrected chi connectivity index (χ0v) is 13.8. The molecule has 0 atom stereocenters. The number of hydrogen-bond donors (Lipinski definition) is 0. The molecule has 0 aliphatic heterocycles. The van der Waals surface area contributed by atoms with Crippen molar-refractivity contribution in [1.82, 2.24) is 14.3 Å². The Balaban J connectivity index is 1.86. The maximum absolute atomic E-state index is 12.8. The predicted molar refractivity (Wildman–Crippen MR) is 92.6 cm³/mol. The molecule has 0 fully saturated rings. The zero-order valence-electron chi connectivity index (χ0n) is 13.8. The van der Waals surface area contributed by atoms with Crippen LogP contribution in [0.2, 0.25) is 0 Å². The third-order valence-electron chi connectivity index (χ3n) is 3.55. The van der Waals surface area contributed by atoms with Gasteiger partial charge in [0.2, 0.25) is 0 Å². The summed E-state index contributed by atoms with van der Waals surface area (Å²) in [6, 6.07) is 15.2. The molecule has 122 valence electrons. The monoisotopic (exact) mass is 320 g/mol. The van der Waals surface area contributed by atoms with Gasteiger partial charge in [-0.05, 0) is 49.7 Å². The van der Waals surface area contributed by atoms with E-state index in [0.29, 0.717) is 17.6 Å². The van der Waals surface area contributed by atoms with Gasteiger partial charge in [-0.15, -0.1) is 0 Å². The molecule has 0 bridgehead atoms. The van der Waals surface area contributed by atoms with E-state index in [-0.39, 0.29) is 11.9 Å². The van der Waals surface area contributed by atoms with Crippen molar-refractivity contribution < 1.29 is 4.79 Å². The van der Waals surface area contributed by atoms with Gasteiger partial charge in [-0.2, -0.15) is 5.10 Å². The number of pyridine rings is 1. The van der Waals surface area contributed by atoms with E-state index in [0.717, 1.165) is 5.56 Å². The van der Waals surface area contributed by atoms with Gasteiger partial charge >= 0.3 is 0 Å². The van der Waals surface area contributed by atoms with Gasteiger partial charge in [0.05, 0.1) is 6.54 Å². The molecular weight excluding hydrogens is 300 g/mol. The van der Waals surface area contributed by atoms with E-state index in [1.807, 2.05) is 73.3 Å². The second kappa shape index (κ2) is 7.08. The summed E-state index contributed by atoms with van der Waals surface area (Å²) in [6.07, 6.45) is 5.42. The van der Waals surface area contributed by atoms with Crippen LogP contribution in [0.1, 0.15) is 29.8 Å². The van der Waals surface area contributed by atoms with Gasteiger partial charge in [0.15, 0.2) is 0 Å². The van der Waals surface area contributed by atoms with Crippen LogP contribution in [0.3, 0.4) is 0 Å². The number of benzene rings is 1. The van der Waals surface area contributed by atoms with Crippen molar-refractivity contribution in [3.8, 4) is 0 Å². The Labute approximate surface area is 140 Å². The van der Waals surface area contributed by atoms with Crippen molar-refractivity contribution >= 4 is 5.91 Å². The summed E-state index contributed by atoms with van der Waals surface area (Å²) in [6.45, 7) is 4.67. The second-order valence-corrected chi connectivity index (χ2v) is 5.86. The molecule has 1 aromatic carbocycles. The van der Waals surface area contributed by atoms with E-state index in [4.69, 9.17) is 0 Å². The Morgan fingerprint density at radius 3 is 2.54 bits per heavy atom. The largest absolute Gasteiger partial charge is 0.268 e. The van der Waals surface area contributed by atoms with Crippen molar-refractivity contribution in [2.24, 2.45) is 4.99 Å². The fraction of sp³-hybridized carbons (Fsp3) is 0.211. The van der Waals surface area contributed by atoms with Crippen molar-refractivity contribution in [2.75, 3.05) is 0 Å². The summed E-state index contributed by atoms with van der Waals surface area (Å²) in [5.74, 6) is -0.0827. The summed E-state index contributed by atoms with van der Waals surface area (Å²) in [5.41, 5.74) is 2.40. The van der Waals surface area contributed by atoms with Crippen LogP contribution in [0, 0.1) is 0 Å². The first kappa shape index (κ1) is 15.9. The summed E-state index contributed by atoms with van der Waals surface area (Å²) in [4.78, 5) is 17.3. The number of carbonyl (C=O) groups excluding carboxylic acids is 1. The molecule has 24 heavy (non-hydrogen) atoms. The highest BCUT2D eigenvalue weighted by Gasteiger charge is 2.09. The molecule has 5 heteroatoms. The van der Waals surface area contributed by atoms with Crippen LogP contribution in [0.4, 0.5) is 0 Å². The molecule has 0 saturated heterocycles. The minimum atomic E-state index is -0.0827. The van der Waals surface area contributed by atoms with Crippen LogP contribution < -0.4 is 5.49 Å². The SMILES string of the molecule is CC(C)N=c1ccccn1C(=O)c1ccc(Cn2cccn2)cc1. The predicted octanol–water partition coefficient (Wildman–Crippen LogP) is 2.73. The molecule has 0 N–H and O–H groups in total. The number of hydrogen-bond acceptors (Lipinski definition) is 3. The second-order valence-electron chi connectivity index (χ2n) is 5.86. The summed E-state index contributed by atoms with van der Waals surface area (Å²) < 4.78 is 3.44. The van der Waals surface area contributed by atoms with E-state index >= 15 is 0 Å². The Morgan fingerprint density at radius 1 is 1.08 bits per heavy atom. The van der Waals surface area contributed by atoms with Gasteiger partial charge in [0.1, 0.15) is 5.49 Å². The maximum Gasteiger partial charge on any atom is 0.263 e. The molecule has 0 radical (unpaired) electrons. The lowest BCUT2D eigenvalue weighted by atomic mass is 10.1. The molecule has 0 aliphatic carbocycles. The average molecular weight is 320 g/mol. The van der Waals surface area contributed by atoms with Crippen LogP contribution in [-0.2, 0) is 6.54 Å². The summed E-state index contributed by atoms with van der Waals surface area (Å²) in [5, 5.41) is 4.19. The normalized spacial score (nSPS) is 11.9. The standard InChI is InChI=1S/C19H20N4O/c1-15(2)21-18-6-3-4-13-23(18)19(24)17-9-7-16(8-10-17)14-22-12-5-11-20-22/h3-13,15H,14H2,1-2H3. The lowest BCUT2D eigenvalue weighted by molar-refractivity contribution is 0.0954. The van der Waals surface area contributed by atoms with E-state index in [1.165, 1.54) is 0 Å². The Bertz CT molecular complexity index is 874. The van der Waals surface area contributed by atoms with Gasteiger partial charge < -0.3 is 0 Å². The van der Waals surface area contributed by atoms with Gasteiger partial charge in [-0.1, -0.05) is 18.2 Å². The highest BCUT2D eigenvalue weighted by Crippen LogP contribution is 2.07. The van der Waals surface area contributed by atoms with E-state index in [9.17, 15) is 4.79 Å². The van der Waals surface area contributed by atoms with Crippen molar-refractivity contribution in [2.45, 2.75) is 26.4 Å². The fourth-order valence-corrected chi connectivity index (χ4v) is 2.45. The first-order chi connectivity index (χ1) is 11.6. The molecule has 3 aromatic rings. The lowest BCUT2D eigenvalue weighted by Gasteiger charge is -2.08. The van der Waals surface area contributed by atoms with Crippen molar-refractivity contribution in [1.29, 1.82) is 0 Å². The van der Waals surface area contributed by atoms with Crippen molar-refractivity contribution in [3.63, 3.8) is 0 Å². The lowest BCUT2D eigenvalue weighted by Crippen LogP contribution is -2.28. The Kier molecular flexibility index (Phi) is 4.70. The minimum Gasteiger partial charge on any atom is -0.268 e. The molecule has 0 unspecified atom stereocenters. The Morgan fingerprint density at radius 2 is 1.88 bits per heavy atom. The quantitative estimate of drug-likeness (QED) is 0.742. The number of nitrogens with zero attached hydrogens (tertiary/aromatic N) is 4. The van der Waals surface area contributed by atoms with Crippen LogP contribution in [-0.4, -0.2) is 26.3 Å². The maximum atomic E-state index is 12.8. The Hall–Kier alpha value is -2.95. The molecular formula is C19H20N4O.